The van der Waals surface area contributed by atoms with Gasteiger partial charge >= 0.3 is 0 Å². The maximum Gasteiger partial charge on any atom is 0.257 e. The van der Waals surface area contributed by atoms with Crippen LogP contribution in [0.25, 0.3) is 0 Å². The van der Waals surface area contributed by atoms with Crippen molar-refractivity contribution < 1.29 is 19.1 Å². The molecule has 2 amide bonds. The Labute approximate surface area is 177 Å². The maximum absolute atomic E-state index is 13.0. The summed E-state index contributed by atoms with van der Waals surface area (Å²) in [5.74, 6) is 0.712. The Bertz CT molecular complexity index is 762. The zero-order valence-electron chi connectivity index (χ0n) is 17.7. The average Bonchev–Trinajstić information content (AvgIpc) is 2.80. The lowest BCUT2D eigenvalue weighted by Crippen LogP contribution is -2.47. The SMILES string of the molecule is Cc1nc(C2CCCCN2C(=O)CN2CCOCC2)ncc1C(=O)N1CCOCC1. The minimum absolute atomic E-state index is 0.0498. The van der Waals surface area contributed by atoms with Gasteiger partial charge in [-0.3, -0.25) is 14.5 Å². The summed E-state index contributed by atoms with van der Waals surface area (Å²) in [5.41, 5.74) is 1.20. The Morgan fingerprint density at radius 1 is 1.03 bits per heavy atom. The van der Waals surface area contributed by atoms with Gasteiger partial charge in [-0.05, 0) is 26.2 Å². The highest BCUT2D eigenvalue weighted by molar-refractivity contribution is 5.95. The van der Waals surface area contributed by atoms with E-state index in [-0.39, 0.29) is 17.9 Å². The largest absolute Gasteiger partial charge is 0.379 e. The smallest absolute Gasteiger partial charge is 0.257 e. The summed E-state index contributed by atoms with van der Waals surface area (Å²) in [6.45, 7) is 8.22. The highest BCUT2D eigenvalue weighted by Crippen LogP contribution is 2.29. The number of amides is 2. The van der Waals surface area contributed by atoms with E-state index in [2.05, 4.69) is 14.9 Å². The Hall–Kier alpha value is -2.10. The van der Waals surface area contributed by atoms with Crippen molar-refractivity contribution in [2.24, 2.45) is 0 Å². The third-order valence-corrected chi connectivity index (χ3v) is 6.11. The molecule has 4 heterocycles. The zero-order chi connectivity index (χ0) is 20.9. The molecular weight excluding hydrogens is 386 g/mol. The van der Waals surface area contributed by atoms with E-state index < -0.39 is 0 Å². The number of morpholine rings is 2. The molecule has 3 aliphatic heterocycles. The summed E-state index contributed by atoms with van der Waals surface area (Å²) in [4.78, 5) is 40.9. The van der Waals surface area contributed by atoms with E-state index >= 15 is 0 Å². The molecule has 1 atom stereocenters. The van der Waals surface area contributed by atoms with Gasteiger partial charge in [0.15, 0.2) is 5.82 Å². The van der Waals surface area contributed by atoms with Gasteiger partial charge in [0.25, 0.3) is 5.91 Å². The van der Waals surface area contributed by atoms with E-state index in [9.17, 15) is 9.59 Å². The zero-order valence-corrected chi connectivity index (χ0v) is 17.7. The van der Waals surface area contributed by atoms with Crippen molar-refractivity contribution in [3.05, 3.63) is 23.3 Å². The number of hydrogen-bond donors (Lipinski definition) is 0. The highest BCUT2D eigenvalue weighted by Gasteiger charge is 2.32. The second-order valence-electron chi connectivity index (χ2n) is 8.12. The van der Waals surface area contributed by atoms with Gasteiger partial charge in [0.1, 0.15) is 0 Å². The second-order valence-corrected chi connectivity index (χ2v) is 8.12. The molecule has 0 saturated carbocycles. The molecular formula is C21H31N5O4. The van der Waals surface area contributed by atoms with Crippen LogP contribution >= 0.6 is 0 Å². The predicted molar refractivity (Wildman–Crippen MR) is 109 cm³/mol. The number of nitrogens with zero attached hydrogens (tertiary/aromatic N) is 5. The first kappa shape index (κ1) is 21.1. The molecule has 4 rings (SSSR count). The Kier molecular flexibility index (Phi) is 6.91. The van der Waals surface area contributed by atoms with Crippen molar-refractivity contribution in [3.63, 3.8) is 0 Å². The molecule has 3 saturated heterocycles. The maximum atomic E-state index is 13.0. The summed E-state index contributed by atoms with van der Waals surface area (Å²) in [6.07, 6.45) is 4.53. The van der Waals surface area contributed by atoms with Gasteiger partial charge in [-0.2, -0.15) is 0 Å². The lowest BCUT2D eigenvalue weighted by Gasteiger charge is -2.37. The molecule has 0 bridgehead atoms. The van der Waals surface area contributed by atoms with Gasteiger partial charge in [0.05, 0.1) is 50.3 Å². The van der Waals surface area contributed by atoms with Crippen LogP contribution in [-0.2, 0) is 14.3 Å². The third-order valence-electron chi connectivity index (χ3n) is 6.11. The molecule has 0 aromatic carbocycles. The van der Waals surface area contributed by atoms with Crippen molar-refractivity contribution in [2.75, 3.05) is 65.7 Å². The number of aromatic nitrogens is 2. The normalized spacial score (nSPS) is 23.4. The van der Waals surface area contributed by atoms with Crippen molar-refractivity contribution >= 4 is 11.8 Å². The summed E-state index contributed by atoms with van der Waals surface area (Å²) < 4.78 is 10.7. The molecule has 30 heavy (non-hydrogen) atoms. The van der Waals surface area contributed by atoms with Crippen molar-refractivity contribution in [2.45, 2.75) is 32.2 Å². The Balaban J connectivity index is 1.47. The predicted octanol–water partition coefficient (Wildman–Crippen LogP) is 0.643. The number of likely N-dealkylation sites (tertiary alicyclic amines) is 1. The molecule has 9 nitrogen and oxygen atoms in total. The van der Waals surface area contributed by atoms with E-state index in [1.54, 1.807) is 11.1 Å². The fourth-order valence-electron chi connectivity index (χ4n) is 4.33. The topological polar surface area (TPSA) is 88.1 Å². The number of aryl methyl sites for hydroxylation is 1. The molecule has 1 unspecified atom stereocenters. The molecule has 0 spiro atoms. The second kappa shape index (κ2) is 9.80. The van der Waals surface area contributed by atoms with Crippen LogP contribution in [-0.4, -0.2) is 102 Å². The molecule has 1 aromatic rings. The van der Waals surface area contributed by atoms with Gasteiger partial charge in [0.2, 0.25) is 5.91 Å². The van der Waals surface area contributed by atoms with E-state index in [1.165, 1.54) is 0 Å². The Morgan fingerprint density at radius 3 is 2.43 bits per heavy atom. The van der Waals surface area contributed by atoms with Crippen LogP contribution in [0.1, 0.15) is 47.2 Å². The van der Waals surface area contributed by atoms with Crippen LogP contribution in [0.3, 0.4) is 0 Å². The number of carbonyl (C=O) groups is 2. The first-order valence-corrected chi connectivity index (χ1v) is 10.9. The summed E-state index contributed by atoms with van der Waals surface area (Å²) in [6, 6.07) is -0.126. The van der Waals surface area contributed by atoms with Gasteiger partial charge in [0, 0.05) is 38.9 Å². The number of piperidine rings is 1. The number of rotatable bonds is 4. The Morgan fingerprint density at radius 2 is 1.73 bits per heavy atom. The fraction of sp³-hybridized carbons (Fsp3) is 0.714. The lowest BCUT2D eigenvalue weighted by atomic mass is 10.0. The van der Waals surface area contributed by atoms with Gasteiger partial charge in [-0.15, -0.1) is 0 Å². The summed E-state index contributed by atoms with van der Waals surface area (Å²) >= 11 is 0. The fourth-order valence-corrected chi connectivity index (χ4v) is 4.33. The quantitative estimate of drug-likeness (QED) is 0.710. The monoisotopic (exact) mass is 417 g/mol. The summed E-state index contributed by atoms with van der Waals surface area (Å²) in [7, 11) is 0. The van der Waals surface area contributed by atoms with Crippen molar-refractivity contribution in [1.82, 2.24) is 24.7 Å². The minimum Gasteiger partial charge on any atom is -0.379 e. The number of ether oxygens (including phenoxy) is 2. The van der Waals surface area contributed by atoms with E-state index in [0.29, 0.717) is 63.1 Å². The van der Waals surface area contributed by atoms with Crippen LogP contribution in [0.5, 0.6) is 0 Å². The first-order chi connectivity index (χ1) is 14.6. The molecule has 164 valence electrons. The summed E-state index contributed by atoms with van der Waals surface area (Å²) in [5, 5.41) is 0. The molecule has 0 radical (unpaired) electrons. The van der Waals surface area contributed by atoms with Crippen LogP contribution in [0, 0.1) is 6.92 Å². The van der Waals surface area contributed by atoms with Crippen molar-refractivity contribution in [3.8, 4) is 0 Å². The highest BCUT2D eigenvalue weighted by atomic mass is 16.5. The van der Waals surface area contributed by atoms with Gasteiger partial charge in [-0.1, -0.05) is 0 Å². The third kappa shape index (κ3) is 4.79. The van der Waals surface area contributed by atoms with Gasteiger partial charge in [-0.25, -0.2) is 9.97 Å². The van der Waals surface area contributed by atoms with E-state index in [1.807, 2.05) is 11.8 Å². The standard InChI is InChI=1S/C21H31N5O4/c1-16-17(21(28)25-8-12-30-13-9-25)14-22-20(23-16)18-4-2-3-5-26(18)19(27)15-24-6-10-29-11-7-24/h14,18H,2-13,15H2,1H3. The van der Waals surface area contributed by atoms with Crippen LogP contribution in [0.2, 0.25) is 0 Å². The van der Waals surface area contributed by atoms with Crippen molar-refractivity contribution in [1.29, 1.82) is 0 Å². The minimum atomic E-state index is -0.126. The van der Waals surface area contributed by atoms with Crippen LogP contribution in [0.15, 0.2) is 6.20 Å². The average molecular weight is 418 g/mol. The lowest BCUT2D eigenvalue weighted by molar-refractivity contribution is -0.137. The van der Waals surface area contributed by atoms with E-state index in [0.717, 1.165) is 38.9 Å². The number of carbonyl (C=O) groups excluding carboxylic acids is 2. The molecule has 0 N–H and O–H groups in total. The molecule has 9 heteroatoms. The van der Waals surface area contributed by atoms with Crippen LogP contribution < -0.4 is 0 Å². The first-order valence-electron chi connectivity index (χ1n) is 10.9. The molecule has 3 fully saturated rings. The molecule has 1 aromatic heterocycles. The molecule has 0 aliphatic carbocycles. The van der Waals surface area contributed by atoms with Crippen LogP contribution in [0.4, 0.5) is 0 Å². The van der Waals surface area contributed by atoms with E-state index in [4.69, 9.17) is 9.47 Å². The molecule has 3 aliphatic rings. The van der Waals surface area contributed by atoms with Gasteiger partial charge < -0.3 is 19.3 Å². The number of hydrogen-bond acceptors (Lipinski definition) is 7.